The number of carbonyl (C=O) groups is 2. The average Bonchev–Trinajstić information content (AvgIpc) is 3.07. The molecular weight excluding hydrogens is 433 g/mol. The van der Waals surface area contributed by atoms with Crippen LogP contribution in [0.5, 0.6) is 5.75 Å². The van der Waals surface area contributed by atoms with Crippen LogP contribution in [0.25, 0.3) is 5.76 Å². The Balaban J connectivity index is 1.46. The Hall–Kier alpha value is -3.20. The molecule has 1 unspecified atom stereocenters. The zero-order chi connectivity index (χ0) is 23.8. The van der Waals surface area contributed by atoms with Crippen LogP contribution in [0.15, 0.2) is 49.0 Å². The molecule has 0 radical (unpaired) electrons. The van der Waals surface area contributed by atoms with Crippen molar-refractivity contribution in [2.24, 2.45) is 0 Å². The van der Waals surface area contributed by atoms with Crippen LogP contribution in [-0.4, -0.2) is 29.8 Å². The summed E-state index contributed by atoms with van der Waals surface area (Å²) < 4.78 is 42.8. The molecule has 0 saturated carbocycles. The van der Waals surface area contributed by atoms with E-state index in [0.29, 0.717) is 16.9 Å². The molecule has 33 heavy (non-hydrogen) atoms. The third kappa shape index (κ3) is 5.08. The minimum Gasteiger partial charge on any atom is -0.535 e. The quantitative estimate of drug-likeness (QED) is 0.480. The second kappa shape index (κ2) is 8.98. The first-order valence-corrected chi connectivity index (χ1v) is 10.6. The number of hydrogen-bond donors (Lipinski definition) is 1. The molecule has 2 aliphatic heterocycles. The number of hydrogen-bond acceptors (Lipinski definition) is 6. The van der Waals surface area contributed by atoms with Gasteiger partial charge in [0.1, 0.15) is 22.9 Å². The second-order valence-electron chi connectivity index (χ2n) is 8.44. The van der Waals surface area contributed by atoms with Gasteiger partial charge >= 0.3 is 13.1 Å². The van der Waals surface area contributed by atoms with Gasteiger partial charge in [0.05, 0.1) is 0 Å². The molecule has 6 nitrogen and oxygen atoms in total. The SMILES string of the molecule is C=C1OC(OC(=O)c2cccc3c2OB(O)[C@@H](CC(=O)CCC(C)(F)F)C3)c2ccccc21. The summed E-state index contributed by atoms with van der Waals surface area (Å²) in [5, 5.41) is 10.4. The molecule has 0 aliphatic carbocycles. The van der Waals surface area contributed by atoms with Gasteiger partial charge in [0.15, 0.2) is 0 Å². The fraction of sp³-hybridized carbons (Fsp3) is 0.333. The Labute approximate surface area is 190 Å². The molecule has 1 N–H and O–H groups in total. The van der Waals surface area contributed by atoms with E-state index < -0.39 is 37.5 Å². The normalized spacial score (nSPS) is 19.3. The van der Waals surface area contributed by atoms with E-state index in [9.17, 15) is 23.4 Å². The maximum absolute atomic E-state index is 13.0. The molecule has 2 aromatic carbocycles. The lowest BCUT2D eigenvalue weighted by molar-refractivity contribution is -0.121. The minimum absolute atomic E-state index is 0.0971. The van der Waals surface area contributed by atoms with Crippen LogP contribution in [0.2, 0.25) is 5.82 Å². The molecule has 0 aromatic heterocycles. The number of esters is 1. The largest absolute Gasteiger partial charge is 0.535 e. The maximum atomic E-state index is 13.0. The third-order valence-corrected chi connectivity index (χ3v) is 5.75. The highest BCUT2D eigenvalue weighted by Crippen LogP contribution is 2.40. The van der Waals surface area contributed by atoms with Crippen LogP contribution >= 0.6 is 0 Å². The molecule has 0 fully saturated rings. The fourth-order valence-electron chi connectivity index (χ4n) is 4.03. The predicted molar refractivity (Wildman–Crippen MR) is 117 cm³/mol. The number of Topliss-reactive ketones (excluding diaryl/α,β-unsaturated/α-hetero) is 1. The number of ketones is 1. The van der Waals surface area contributed by atoms with E-state index in [1.54, 1.807) is 24.3 Å². The molecule has 9 heteroatoms. The van der Waals surface area contributed by atoms with E-state index in [0.717, 1.165) is 12.5 Å². The van der Waals surface area contributed by atoms with Crippen molar-refractivity contribution in [2.45, 2.75) is 50.6 Å². The lowest BCUT2D eigenvalue weighted by atomic mass is 9.64. The monoisotopic (exact) mass is 456 g/mol. The molecule has 0 spiro atoms. The number of alkyl halides is 2. The summed E-state index contributed by atoms with van der Waals surface area (Å²) in [6, 6.07) is 12.1. The van der Waals surface area contributed by atoms with E-state index in [2.05, 4.69) is 6.58 Å². The number of para-hydroxylation sites is 1. The summed E-state index contributed by atoms with van der Waals surface area (Å²) in [6.45, 7) is 4.59. The highest BCUT2D eigenvalue weighted by molar-refractivity contribution is 6.47. The summed E-state index contributed by atoms with van der Waals surface area (Å²) in [5.74, 6) is -4.03. The number of halogens is 2. The summed E-state index contributed by atoms with van der Waals surface area (Å²) >= 11 is 0. The number of fused-ring (bicyclic) bond motifs is 2. The second-order valence-corrected chi connectivity index (χ2v) is 8.44. The van der Waals surface area contributed by atoms with Crippen molar-refractivity contribution in [3.63, 3.8) is 0 Å². The minimum atomic E-state index is -2.92. The topological polar surface area (TPSA) is 82.1 Å². The van der Waals surface area contributed by atoms with Crippen molar-refractivity contribution in [1.82, 2.24) is 0 Å². The number of benzene rings is 2. The first-order valence-electron chi connectivity index (χ1n) is 10.6. The van der Waals surface area contributed by atoms with Crippen molar-refractivity contribution in [3.05, 3.63) is 71.3 Å². The summed E-state index contributed by atoms with van der Waals surface area (Å²) in [5.41, 5.74) is 2.16. The highest BCUT2D eigenvalue weighted by atomic mass is 19.3. The molecule has 2 aliphatic rings. The maximum Gasteiger partial charge on any atom is 0.526 e. The van der Waals surface area contributed by atoms with Gasteiger partial charge in [-0.15, -0.1) is 0 Å². The lowest BCUT2D eigenvalue weighted by Gasteiger charge is -2.28. The van der Waals surface area contributed by atoms with Gasteiger partial charge in [-0.1, -0.05) is 43.0 Å². The molecule has 2 atom stereocenters. The lowest BCUT2D eigenvalue weighted by Crippen LogP contribution is -2.36. The summed E-state index contributed by atoms with van der Waals surface area (Å²) in [6.07, 6.45) is -1.61. The van der Waals surface area contributed by atoms with E-state index in [1.165, 1.54) is 6.07 Å². The Bertz CT molecular complexity index is 1100. The van der Waals surface area contributed by atoms with Crippen LogP contribution in [0.4, 0.5) is 8.78 Å². The average molecular weight is 456 g/mol. The van der Waals surface area contributed by atoms with Gasteiger partial charge in [0.25, 0.3) is 6.29 Å². The molecular formula is C24H23BF2O6. The molecule has 2 heterocycles. The molecule has 0 bridgehead atoms. The van der Waals surface area contributed by atoms with Gasteiger partial charge in [0.2, 0.25) is 5.92 Å². The van der Waals surface area contributed by atoms with Gasteiger partial charge in [-0.3, -0.25) is 4.79 Å². The van der Waals surface area contributed by atoms with E-state index >= 15 is 0 Å². The number of rotatable bonds is 7. The smallest absolute Gasteiger partial charge is 0.526 e. The molecule has 0 amide bonds. The van der Waals surface area contributed by atoms with Crippen molar-refractivity contribution >= 4 is 24.6 Å². The number of carbonyl (C=O) groups excluding carboxylic acids is 2. The van der Waals surface area contributed by atoms with Crippen LogP contribution in [-0.2, 0) is 20.7 Å². The summed E-state index contributed by atoms with van der Waals surface area (Å²) in [4.78, 5) is 25.0. The van der Waals surface area contributed by atoms with Crippen molar-refractivity contribution < 1.29 is 37.5 Å². The van der Waals surface area contributed by atoms with E-state index in [-0.39, 0.29) is 36.4 Å². The zero-order valence-corrected chi connectivity index (χ0v) is 18.1. The standard InChI is InChI=1S/C24H23BF2O6/c1-14-18-7-3-4-8-19(18)23(31-14)32-22(29)20-9-5-6-15-12-16(25(30)33-21(15)20)13-17(28)10-11-24(2,26)27/h3-9,16,23,30H,1,10-13H2,2H3/t16-,23?/m1/s1. The van der Waals surface area contributed by atoms with Crippen molar-refractivity contribution in [3.8, 4) is 5.75 Å². The van der Waals surface area contributed by atoms with Crippen LogP contribution in [0.3, 0.4) is 0 Å². The highest BCUT2D eigenvalue weighted by Gasteiger charge is 2.39. The molecule has 2 aromatic rings. The van der Waals surface area contributed by atoms with Crippen LogP contribution in [0.1, 0.15) is 59.5 Å². The van der Waals surface area contributed by atoms with E-state index in [1.807, 2.05) is 12.1 Å². The fourth-order valence-corrected chi connectivity index (χ4v) is 4.03. The molecule has 0 saturated heterocycles. The molecule has 4 rings (SSSR count). The first-order chi connectivity index (χ1) is 15.6. The Kier molecular flexibility index (Phi) is 6.25. The van der Waals surface area contributed by atoms with Crippen LogP contribution in [0, 0.1) is 0 Å². The third-order valence-electron chi connectivity index (χ3n) is 5.75. The van der Waals surface area contributed by atoms with Gasteiger partial charge < -0.3 is 19.2 Å². The Morgan fingerprint density at radius 1 is 1.24 bits per heavy atom. The Morgan fingerprint density at radius 3 is 2.76 bits per heavy atom. The number of ether oxygens (including phenoxy) is 2. The van der Waals surface area contributed by atoms with E-state index in [4.69, 9.17) is 14.1 Å². The summed E-state index contributed by atoms with van der Waals surface area (Å²) in [7, 11) is -1.36. The predicted octanol–water partition coefficient (Wildman–Crippen LogP) is 4.72. The van der Waals surface area contributed by atoms with Gasteiger partial charge in [0, 0.05) is 36.2 Å². The van der Waals surface area contributed by atoms with Gasteiger partial charge in [-0.05, 0) is 25.0 Å². The van der Waals surface area contributed by atoms with Crippen molar-refractivity contribution in [2.75, 3.05) is 0 Å². The van der Waals surface area contributed by atoms with Crippen LogP contribution < -0.4 is 4.65 Å². The molecule has 172 valence electrons. The first kappa shape index (κ1) is 23.0. The Morgan fingerprint density at radius 2 is 2.00 bits per heavy atom. The van der Waals surface area contributed by atoms with Gasteiger partial charge in [-0.25, -0.2) is 13.6 Å². The zero-order valence-electron chi connectivity index (χ0n) is 18.1. The van der Waals surface area contributed by atoms with Crippen molar-refractivity contribution in [1.29, 1.82) is 0 Å². The van der Waals surface area contributed by atoms with Gasteiger partial charge in [-0.2, -0.15) is 0 Å².